The zero-order chi connectivity index (χ0) is 17.5. The van der Waals surface area contributed by atoms with Crippen molar-refractivity contribution in [3.63, 3.8) is 0 Å². The highest BCUT2D eigenvalue weighted by atomic mass is 19.1. The molecule has 0 N–H and O–H groups in total. The van der Waals surface area contributed by atoms with E-state index in [-0.39, 0.29) is 0 Å². The van der Waals surface area contributed by atoms with Gasteiger partial charge in [-0.25, -0.2) is 4.39 Å². The average molecular weight is 339 g/mol. The van der Waals surface area contributed by atoms with E-state index in [0.717, 1.165) is 29.7 Å². The van der Waals surface area contributed by atoms with Crippen LogP contribution in [-0.4, -0.2) is 0 Å². The molecule has 25 heavy (non-hydrogen) atoms. The first-order valence-electron chi connectivity index (χ1n) is 10.1. The topological polar surface area (TPSA) is 23.8 Å². The summed E-state index contributed by atoms with van der Waals surface area (Å²) in [4.78, 5) is 0. The molecule has 134 valence electrons. The van der Waals surface area contributed by atoms with Crippen molar-refractivity contribution in [3.05, 3.63) is 47.8 Å². The molecule has 0 unspecified atom stereocenters. The van der Waals surface area contributed by atoms with Gasteiger partial charge >= 0.3 is 0 Å². The lowest BCUT2D eigenvalue weighted by Gasteiger charge is -2.38. The maximum atomic E-state index is 12.0. The van der Waals surface area contributed by atoms with E-state index in [9.17, 15) is 4.39 Å². The van der Waals surface area contributed by atoms with Crippen molar-refractivity contribution in [2.45, 2.75) is 70.1 Å². The highest BCUT2D eigenvalue weighted by molar-refractivity contribution is 5.33. The summed E-state index contributed by atoms with van der Waals surface area (Å²) in [5.41, 5.74) is 2.18. The molecule has 0 aliphatic heterocycles. The summed E-state index contributed by atoms with van der Waals surface area (Å²) < 4.78 is 12.0. The molecule has 0 bridgehead atoms. The summed E-state index contributed by atoms with van der Waals surface area (Å²) in [7, 11) is 0. The minimum absolute atomic E-state index is 0.688. The molecule has 0 heterocycles. The van der Waals surface area contributed by atoms with Gasteiger partial charge in [-0.15, -0.1) is 0 Å². The fourth-order valence-corrected chi connectivity index (χ4v) is 5.10. The van der Waals surface area contributed by atoms with Crippen LogP contribution in [0, 0.1) is 29.1 Å². The average Bonchev–Trinajstić information content (AvgIpc) is 2.69. The fraction of sp³-hybridized carbons (Fsp3) is 0.609. The Morgan fingerprint density at radius 2 is 1.52 bits per heavy atom. The van der Waals surface area contributed by atoms with E-state index in [2.05, 4.69) is 18.2 Å². The molecular formula is C23H30FN. The highest BCUT2D eigenvalue weighted by Crippen LogP contribution is 2.44. The van der Waals surface area contributed by atoms with E-state index in [4.69, 9.17) is 5.26 Å². The van der Waals surface area contributed by atoms with Crippen LogP contribution in [0.5, 0.6) is 0 Å². The number of allylic oxidation sites excluding steroid dienone is 1. The second-order valence-electron chi connectivity index (χ2n) is 8.07. The molecule has 0 atom stereocenters. The molecule has 2 aliphatic carbocycles. The SMILES string of the molecule is N#Cc1ccc(C2CCC(C3CCC(CCC=CF)CC3)CC2)cc1. The highest BCUT2D eigenvalue weighted by Gasteiger charge is 2.31. The van der Waals surface area contributed by atoms with E-state index < -0.39 is 0 Å². The number of hydrogen-bond donors (Lipinski definition) is 0. The van der Waals surface area contributed by atoms with Gasteiger partial charge in [0.15, 0.2) is 0 Å². The largest absolute Gasteiger partial charge is 0.216 e. The van der Waals surface area contributed by atoms with Gasteiger partial charge in [-0.1, -0.05) is 31.1 Å². The molecule has 1 nitrogen and oxygen atoms in total. The Kier molecular flexibility index (Phi) is 6.68. The van der Waals surface area contributed by atoms with Gasteiger partial charge in [-0.3, -0.25) is 0 Å². The zero-order valence-corrected chi connectivity index (χ0v) is 15.2. The van der Waals surface area contributed by atoms with Crippen LogP contribution in [0.2, 0.25) is 0 Å². The molecule has 0 aromatic heterocycles. The summed E-state index contributed by atoms with van der Waals surface area (Å²) in [6, 6.07) is 10.4. The van der Waals surface area contributed by atoms with Crippen LogP contribution in [0.15, 0.2) is 36.7 Å². The Hall–Kier alpha value is -1.62. The Balaban J connectivity index is 1.43. The van der Waals surface area contributed by atoms with Crippen LogP contribution in [0.25, 0.3) is 0 Å². The predicted octanol–water partition coefficient (Wildman–Crippen LogP) is 6.90. The van der Waals surface area contributed by atoms with Crippen LogP contribution in [0.1, 0.15) is 81.3 Å². The third-order valence-corrected chi connectivity index (χ3v) is 6.67. The maximum Gasteiger partial charge on any atom is 0.0991 e. The van der Waals surface area contributed by atoms with Crippen molar-refractivity contribution in [1.82, 2.24) is 0 Å². The van der Waals surface area contributed by atoms with E-state index >= 15 is 0 Å². The van der Waals surface area contributed by atoms with Gasteiger partial charge in [0, 0.05) is 0 Å². The minimum Gasteiger partial charge on any atom is -0.216 e. The summed E-state index contributed by atoms with van der Waals surface area (Å²) >= 11 is 0. The molecule has 0 saturated heterocycles. The number of halogens is 1. The normalized spacial score (nSPS) is 30.2. The zero-order valence-electron chi connectivity index (χ0n) is 15.2. The van der Waals surface area contributed by atoms with Gasteiger partial charge in [0.25, 0.3) is 0 Å². The molecular weight excluding hydrogens is 309 g/mol. The summed E-state index contributed by atoms with van der Waals surface area (Å²) in [5.74, 6) is 3.35. The Morgan fingerprint density at radius 1 is 0.920 bits per heavy atom. The standard InChI is InChI=1S/C23H30FN/c24-16-2-1-3-18-4-8-20(9-5-18)22-12-14-23(15-13-22)21-10-6-19(17-25)7-11-21/h2,6-7,10-11,16,18,20,22-23H,1,3-5,8-9,12-15H2. The fourth-order valence-electron chi connectivity index (χ4n) is 5.10. The third-order valence-electron chi connectivity index (χ3n) is 6.67. The second-order valence-corrected chi connectivity index (χ2v) is 8.07. The number of benzene rings is 1. The number of nitrogens with zero attached hydrogens (tertiary/aromatic N) is 1. The van der Waals surface area contributed by atoms with Gasteiger partial charge in [-0.05, 0) is 92.7 Å². The van der Waals surface area contributed by atoms with E-state index in [1.54, 1.807) is 6.08 Å². The maximum absolute atomic E-state index is 12.0. The van der Waals surface area contributed by atoms with Crippen LogP contribution in [-0.2, 0) is 0 Å². The number of hydrogen-bond acceptors (Lipinski definition) is 1. The van der Waals surface area contributed by atoms with Crippen molar-refractivity contribution in [1.29, 1.82) is 5.26 Å². The van der Waals surface area contributed by atoms with Gasteiger partial charge in [-0.2, -0.15) is 5.26 Å². The lowest BCUT2D eigenvalue weighted by Crippen LogP contribution is -2.25. The molecule has 0 radical (unpaired) electrons. The Bertz CT molecular complexity index is 582. The molecule has 3 rings (SSSR count). The smallest absolute Gasteiger partial charge is 0.0991 e. The first-order valence-corrected chi connectivity index (χ1v) is 10.1. The first kappa shape index (κ1) is 18.2. The quantitative estimate of drug-likeness (QED) is 0.572. The minimum atomic E-state index is 0.688. The Morgan fingerprint density at radius 3 is 2.08 bits per heavy atom. The second kappa shape index (κ2) is 9.18. The van der Waals surface area contributed by atoms with E-state index in [1.807, 2.05) is 12.1 Å². The van der Waals surface area contributed by atoms with Crippen LogP contribution >= 0.6 is 0 Å². The van der Waals surface area contributed by atoms with Crippen molar-refractivity contribution < 1.29 is 4.39 Å². The Labute approximate surface area is 151 Å². The molecule has 2 heteroatoms. The third kappa shape index (κ3) is 4.94. The molecule has 2 fully saturated rings. The lowest BCUT2D eigenvalue weighted by atomic mass is 9.68. The van der Waals surface area contributed by atoms with Crippen molar-refractivity contribution >= 4 is 0 Å². The molecule has 2 saturated carbocycles. The van der Waals surface area contributed by atoms with Crippen LogP contribution < -0.4 is 0 Å². The molecule has 1 aromatic carbocycles. The van der Waals surface area contributed by atoms with E-state index in [0.29, 0.717) is 12.2 Å². The predicted molar refractivity (Wildman–Crippen MR) is 101 cm³/mol. The molecule has 1 aromatic rings. The molecule has 0 amide bonds. The summed E-state index contributed by atoms with van der Waals surface area (Å²) in [6.45, 7) is 0. The summed E-state index contributed by atoms with van der Waals surface area (Å²) in [5, 5.41) is 8.93. The van der Waals surface area contributed by atoms with Crippen molar-refractivity contribution in [2.24, 2.45) is 17.8 Å². The van der Waals surface area contributed by atoms with Gasteiger partial charge in [0.1, 0.15) is 0 Å². The van der Waals surface area contributed by atoms with Crippen molar-refractivity contribution in [3.8, 4) is 6.07 Å². The lowest BCUT2D eigenvalue weighted by molar-refractivity contribution is 0.157. The first-order chi connectivity index (χ1) is 12.3. The summed E-state index contributed by atoms with van der Waals surface area (Å²) in [6.07, 6.45) is 15.2. The van der Waals surface area contributed by atoms with Crippen LogP contribution in [0.4, 0.5) is 4.39 Å². The van der Waals surface area contributed by atoms with Gasteiger partial charge < -0.3 is 0 Å². The molecule has 2 aliphatic rings. The number of nitriles is 1. The monoisotopic (exact) mass is 339 g/mol. The van der Waals surface area contributed by atoms with E-state index in [1.165, 1.54) is 63.4 Å². The van der Waals surface area contributed by atoms with Crippen molar-refractivity contribution in [2.75, 3.05) is 0 Å². The van der Waals surface area contributed by atoms with Gasteiger partial charge in [0.05, 0.1) is 18.0 Å². The van der Waals surface area contributed by atoms with Gasteiger partial charge in [0.2, 0.25) is 0 Å². The molecule has 0 spiro atoms. The number of rotatable bonds is 5. The van der Waals surface area contributed by atoms with Crippen LogP contribution in [0.3, 0.4) is 0 Å².